The van der Waals surface area contributed by atoms with E-state index in [2.05, 4.69) is 0 Å². The Balaban J connectivity index is 2.11. The average molecular weight is 349 g/mol. The summed E-state index contributed by atoms with van der Waals surface area (Å²) in [6.45, 7) is 3.69. The third kappa shape index (κ3) is 4.38. The van der Waals surface area contributed by atoms with Crippen molar-refractivity contribution >= 4 is 35.0 Å². The number of hydrogen-bond acceptors (Lipinski definition) is 6. The number of hydrogen-bond donors (Lipinski definition) is 0. The molecule has 0 radical (unpaired) electrons. The fraction of sp³-hybridized carbons (Fsp3) is 0.353. The maximum atomic E-state index is 12.4. The first-order chi connectivity index (χ1) is 11.4. The van der Waals surface area contributed by atoms with Gasteiger partial charge in [0.05, 0.1) is 18.6 Å². The molecule has 1 aliphatic rings. The predicted molar refractivity (Wildman–Crippen MR) is 91.5 cm³/mol. The highest BCUT2D eigenvalue weighted by molar-refractivity contribution is 8.18. The van der Waals surface area contributed by atoms with Gasteiger partial charge < -0.3 is 9.47 Å². The average Bonchev–Trinajstić information content (AvgIpc) is 2.81. The van der Waals surface area contributed by atoms with Gasteiger partial charge in [0.2, 0.25) is 0 Å². The number of imide groups is 1. The molecule has 6 nitrogen and oxygen atoms in total. The molecule has 0 N–H and O–H groups in total. The van der Waals surface area contributed by atoms with Crippen LogP contribution in [0.25, 0.3) is 6.08 Å². The largest absolute Gasteiger partial charge is 0.496 e. The van der Waals surface area contributed by atoms with Crippen molar-refractivity contribution in [1.29, 1.82) is 0 Å². The molecule has 0 aliphatic carbocycles. The summed E-state index contributed by atoms with van der Waals surface area (Å²) in [6, 6.07) is 7.16. The topological polar surface area (TPSA) is 72.9 Å². The molecule has 7 heteroatoms. The number of thioether (sulfide) groups is 1. The van der Waals surface area contributed by atoms with Crippen LogP contribution in [0.2, 0.25) is 0 Å². The number of para-hydroxylation sites is 1. The fourth-order valence-corrected chi connectivity index (χ4v) is 2.83. The second-order valence-corrected chi connectivity index (χ2v) is 6.58. The van der Waals surface area contributed by atoms with Crippen LogP contribution < -0.4 is 4.74 Å². The minimum Gasteiger partial charge on any atom is -0.496 e. The number of carbonyl (C=O) groups excluding carboxylic acids is 3. The number of carbonyl (C=O) groups is 3. The zero-order valence-electron chi connectivity index (χ0n) is 13.8. The van der Waals surface area contributed by atoms with Gasteiger partial charge in [-0.3, -0.25) is 19.3 Å². The Hall–Kier alpha value is -2.28. The molecule has 0 saturated carbocycles. The zero-order valence-corrected chi connectivity index (χ0v) is 14.6. The normalized spacial score (nSPS) is 16.2. The molecule has 2 rings (SSSR count). The van der Waals surface area contributed by atoms with E-state index in [0.717, 1.165) is 16.7 Å². The van der Waals surface area contributed by atoms with E-state index >= 15 is 0 Å². The lowest BCUT2D eigenvalue weighted by Crippen LogP contribution is -2.34. The minimum atomic E-state index is -0.593. The van der Waals surface area contributed by atoms with Gasteiger partial charge in [-0.25, -0.2) is 0 Å². The van der Waals surface area contributed by atoms with Gasteiger partial charge in [0.1, 0.15) is 12.3 Å². The van der Waals surface area contributed by atoms with Crippen molar-refractivity contribution in [3.8, 4) is 5.75 Å². The van der Waals surface area contributed by atoms with Gasteiger partial charge in [-0.2, -0.15) is 0 Å². The first kappa shape index (κ1) is 18.1. The molecule has 1 aliphatic heterocycles. The van der Waals surface area contributed by atoms with Crippen LogP contribution in [-0.4, -0.2) is 42.3 Å². The highest BCUT2D eigenvalue weighted by Gasteiger charge is 2.36. The van der Waals surface area contributed by atoms with Crippen molar-refractivity contribution < 1.29 is 23.9 Å². The van der Waals surface area contributed by atoms with Gasteiger partial charge in [-0.15, -0.1) is 0 Å². The molecule has 0 spiro atoms. The van der Waals surface area contributed by atoms with Crippen LogP contribution in [0.5, 0.6) is 5.75 Å². The maximum Gasteiger partial charge on any atom is 0.326 e. The summed E-state index contributed by atoms with van der Waals surface area (Å²) in [6.07, 6.45) is 1.59. The molecule has 0 aromatic heterocycles. The molecular weight excluding hydrogens is 330 g/mol. The van der Waals surface area contributed by atoms with E-state index in [1.165, 1.54) is 7.11 Å². The van der Waals surface area contributed by atoms with Crippen LogP contribution in [0.4, 0.5) is 4.79 Å². The highest BCUT2D eigenvalue weighted by atomic mass is 32.2. The van der Waals surface area contributed by atoms with Crippen molar-refractivity contribution in [3.05, 3.63) is 34.7 Å². The van der Waals surface area contributed by atoms with Crippen LogP contribution in [0, 0.1) is 5.92 Å². The van der Waals surface area contributed by atoms with Gasteiger partial charge in [0.25, 0.3) is 11.1 Å². The van der Waals surface area contributed by atoms with Crippen LogP contribution in [0.3, 0.4) is 0 Å². The summed E-state index contributed by atoms with van der Waals surface area (Å²) >= 11 is 0.797. The van der Waals surface area contributed by atoms with Crippen molar-refractivity contribution in [2.45, 2.75) is 13.8 Å². The van der Waals surface area contributed by atoms with Gasteiger partial charge >= 0.3 is 5.97 Å². The monoisotopic (exact) mass is 349 g/mol. The van der Waals surface area contributed by atoms with Gasteiger partial charge in [-0.05, 0) is 29.8 Å². The lowest BCUT2D eigenvalue weighted by atomic mass is 10.2. The quantitative estimate of drug-likeness (QED) is 0.581. The second kappa shape index (κ2) is 8.01. The first-order valence-corrected chi connectivity index (χ1v) is 8.28. The van der Waals surface area contributed by atoms with Crippen molar-refractivity contribution in [2.24, 2.45) is 5.92 Å². The summed E-state index contributed by atoms with van der Waals surface area (Å²) in [5.74, 6) is -0.308. The molecule has 1 aromatic carbocycles. The molecule has 0 unspecified atom stereocenters. The third-order valence-corrected chi connectivity index (χ3v) is 4.07. The maximum absolute atomic E-state index is 12.4. The van der Waals surface area contributed by atoms with E-state index in [9.17, 15) is 14.4 Å². The van der Waals surface area contributed by atoms with E-state index < -0.39 is 17.1 Å². The number of rotatable bonds is 6. The number of benzene rings is 1. The number of methoxy groups -OCH3 is 1. The smallest absolute Gasteiger partial charge is 0.326 e. The van der Waals surface area contributed by atoms with E-state index in [4.69, 9.17) is 9.47 Å². The van der Waals surface area contributed by atoms with Gasteiger partial charge in [0.15, 0.2) is 0 Å². The second-order valence-electron chi connectivity index (χ2n) is 5.59. The van der Waals surface area contributed by atoms with Crippen LogP contribution in [0.15, 0.2) is 29.2 Å². The summed E-state index contributed by atoms with van der Waals surface area (Å²) < 4.78 is 10.2. The molecule has 0 atom stereocenters. The molecular formula is C17H19NO5S. The van der Waals surface area contributed by atoms with E-state index in [1.54, 1.807) is 18.2 Å². The number of amides is 2. The Labute approximate surface area is 144 Å². The van der Waals surface area contributed by atoms with Gasteiger partial charge in [-0.1, -0.05) is 32.0 Å². The van der Waals surface area contributed by atoms with E-state index in [-0.39, 0.29) is 24.0 Å². The zero-order chi connectivity index (χ0) is 17.7. The Morgan fingerprint density at radius 3 is 2.67 bits per heavy atom. The molecule has 128 valence electrons. The van der Waals surface area contributed by atoms with Crippen LogP contribution >= 0.6 is 11.8 Å². The Kier molecular flexibility index (Phi) is 6.03. The molecule has 24 heavy (non-hydrogen) atoms. The molecule has 1 fully saturated rings. The molecule has 2 amide bonds. The summed E-state index contributed by atoms with van der Waals surface area (Å²) in [7, 11) is 1.53. The van der Waals surface area contributed by atoms with E-state index in [1.807, 2.05) is 26.0 Å². The molecule has 1 heterocycles. The lowest BCUT2D eigenvalue weighted by molar-refractivity contribution is -0.147. The summed E-state index contributed by atoms with van der Waals surface area (Å²) in [5, 5.41) is -0.484. The van der Waals surface area contributed by atoms with Crippen molar-refractivity contribution in [2.75, 3.05) is 20.3 Å². The molecule has 1 saturated heterocycles. The van der Waals surface area contributed by atoms with E-state index in [0.29, 0.717) is 11.3 Å². The lowest BCUT2D eigenvalue weighted by Gasteiger charge is -2.12. The van der Waals surface area contributed by atoms with Gasteiger partial charge in [0, 0.05) is 5.56 Å². The Morgan fingerprint density at radius 2 is 2.00 bits per heavy atom. The minimum absolute atomic E-state index is 0.189. The highest BCUT2D eigenvalue weighted by Crippen LogP contribution is 2.33. The Bertz CT molecular complexity index is 683. The number of ether oxygens (including phenoxy) is 2. The number of nitrogens with zero attached hydrogens (tertiary/aromatic N) is 1. The SMILES string of the molecule is COc1ccccc1/C=C1\SC(=O)N(CC(=O)OCC(C)C)C1=O. The Morgan fingerprint density at radius 1 is 1.29 bits per heavy atom. The summed E-state index contributed by atoms with van der Waals surface area (Å²) in [4.78, 5) is 37.3. The number of esters is 1. The molecule has 0 bridgehead atoms. The van der Waals surface area contributed by atoms with Crippen LogP contribution in [-0.2, 0) is 14.3 Å². The predicted octanol–water partition coefficient (Wildman–Crippen LogP) is 2.93. The van der Waals surface area contributed by atoms with Crippen molar-refractivity contribution in [1.82, 2.24) is 4.90 Å². The standard InChI is InChI=1S/C17H19NO5S/c1-11(2)10-23-15(19)9-18-16(20)14(24-17(18)21)8-12-6-4-5-7-13(12)22-3/h4-8,11H,9-10H2,1-3H3/b14-8-. The first-order valence-electron chi connectivity index (χ1n) is 7.46. The van der Waals surface area contributed by atoms with Crippen LogP contribution in [0.1, 0.15) is 19.4 Å². The van der Waals surface area contributed by atoms with Crippen molar-refractivity contribution in [3.63, 3.8) is 0 Å². The summed E-state index contributed by atoms with van der Waals surface area (Å²) in [5.41, 5.74) is 0.688. The third-order valence-electron chi connectivity index (χ3n) is 3.16. The fourth-order valence-electron chi connectivity index (χ4n) is 2.00. The molecule has 1 aromatic rings.